The van der Waals surface area contributed by atoms with Gasteiger partial charge < -0.3 is 14.4 Å². The van der Waals surface area contributed by atoms with E-state index in [0.717, 1.165) is 35.2 Å². The molecule has 1 unspecified atom stereocenters. The molecule has 8 nitrogen and oxygen atoms in total. The van der Waals surface area contributed by atoms with Crippen LogP contribution >= 0.6 is 0 Å². The molecule has 8 heteroatoms. The molecule has 1 amide bonds. The largest absolute Gasteiger partial charge is 0.347 e. The Kier molecular flexibility index (Phi) is 6.30. The molecule has 4 rings (SSSR count). The van der Waals surface area contributed by atoms with E-state index in [1.165, 1.54) is 6.07 Å². The highest BCUT2D eigenvalue weighted by atomic mass is 16.2. The fourth-order valence-electron chi connectivity index (χ4n) is 4.19. The molecule has 1 atom stereocenters. The van der Waals surface area contributed by atoms with Crippen LogP contribution in [0.4, 0.5) is 5.95 Å². The van der Waals surface area contributed by atoms with Gasteiger partial charge in [-0.15, -0.1) is 0 Å². The lowest BCUT2D eigenvalue weighted by Gasteiger charge is -2.27. The molecule has 4 heterocycles. The van der Waals surface area contributed by atoms with Crippen molar-refractivity contribution >= 4 is 11.9 Å². The minimum Gasteiger partial charge on any atom is -0.347 e. The summed E-state index contributed by atoms with van der Waals surface area (Å²) in [6, 6.07) is 6.86. The van der Waals surface area contributed by atoms with Crippen LogP contribution in [0.5, 0.6) is 0 Å². The molecule has 1 fully saturated rings. The lowest BCUT2D eigenvalue weighted by molar-refractivity contribution is -0.132. The number of pyridine rings is 2. The fraction of sp³-hybridized carbons (Fsp3) is 0.375. The second-order valence-electron chi connectivity index (χ2n) is 8.28. The van der Waals surface area contributed by atoms with E-state index in [1.54, 1.807) is 29.1 Å². The van der Waals surface area contributed by atoms with Crippen LogP contribution in [0.3, 0.4) is 0 Å². The number of aryl methyl sites for hydroxylation is 2. The molecule has 166 valence electrons. The first-order valence-corrected chi connectivity index (χ1v) is 10.9. The number of anilines is 1. The maximum Gasteiger partial charge on any atom is 0.250 e. The smallest absolute Gasteiger partial charge is 0.250 e. The van der Waals surface area contributed by atoms with E-state index in [4.69, 9.17) is 4.98 Å². The van der Waals surface area contributed by atoms with Gasteiger partial charge >= 0.3 is 0 Å². The van der Waals surface area contributed by atoms with E-state index in [0.29, 0.717) is 19.0 Å². The van der Waals surface area contributed by atoms with Crippen molar-refractivity contribution in [2.24, 2.45) is 0 Å². The van der Waals surface area contributed by atoms with Gasteiger partial charge in [-0.25, -0.2) is 9.97 Å². The number of rotatable bonds is 6. The number of hydrogen-bond donors (Lipinski definition) is 0. The van der Waals surface area contributed by atoms with Crippen LogP contribution in [0, 0.1) is 6.92 Å². The summed E-state index contributed by atoms with van der Waals surface area (Å²) >= 11 is 0. The van der Waals surface area contributed by atoms with Crippen molar-refractivity contribution in [2.75, 3.05) is 25.5 Å². The maximum atomic E-state index is 13.2. The van der Waals surface area contributed by atoms with Crippen LogP contribution in [0.1, 0.15) is 36.6 Å². The Morgan fingerprint density at radius 2 is 2.03 bits per heavy atom. The van der Waals surface area contributed by atoms with Crippen LogP contribution in [-0.2, 0) is 11.3 Å². The number of aromatic nitrogens is 4. The predicted molar refractivity (Wildman–Crippen MR) is 123 cm³/mol. The van der Waals surface area contributed by atoms with Crippen molar-refractivity contribution in [3.05, 3.63) is 70.7 Å². The number of nitrogens with zero attached hydrogens (tertiary/aromatic N) is 6. The van der Waals surface area contributed by atoms with E-state index >= 15 is 0 Å². The maximum absolute atomic E-state index is 13.2. The van der Waals surface area contributed by atoms with Gasteiger partial charge in [0.05, 0.1) is 11.7 Å². The molecule has 1 saturated heterocycles. The summed E-state index contributed by atoms with van der Waals surface area (Å²) in [7, 11) is 3.82. The molecule has 32 heavy (non-hydrogen) atoms. The molecule has 0 N–H and O–H groups in total. The molecule has 1 aliphatic heterocycles. The molecule has 0 spiro atoms. The van der Waals surface area contributed by atoms with Crippen LogP contribution in [0.2, 0.25) is 0 Å². The van der Waals surface area contributed by atoms with E-state index in [2.05, 4.69) is 9.97 Å². The third-order valence-electron chi connectivity index (χ3n) is 5.87. The van der Waals surface area contributed by atoms with Gasteiger partial charge in [-0.1, -0.05) is 6.07 Å². The quantitative estimate of drug-likeness (QED) is 0.596. The first-order valence-electron chi connectivity index (χ1n) is 10.9. The Balaban J connectivity index is 1.66. The number of carbonyl (C=O) groups is 1. The van der Waals surface area contributed by atoms with Gasteiger partial charge in [0.15, 0.2) is 0 Å². The molecule has 3 aromatic rings. The van der Waals surface area contributed by atoms with Crippen molar-refractivity contribution in [2.45, 2.75) is 38.8 Å². The van der Waals surface area contributed by atoms with Crippen LogP contribution in [0.15, 0.2) is 53.8 Å². The van der Waals surface area contributed by atoms with Crippen molar-refractivity contribution in [3.8, 4) is 11.1 Å². The van der Waals surface area contributed by atoms with Gasteiger partial charge in [-0.2, -0.15) is 0 Å². The highest BCUT2D eigenvalue weighted by Crippen LogP contribution is 2.38. The Labute approximate surface area is 187 Å². The van der Waals surface area contributed by atoms with E-state index < -0.39 is 0 Å². The summed E-state index contributed by atoms with van der Waals surface area (Å²) in [6.07, 6.45) is 9.19. The number of likely N-dealkylation sites (tertiary alicyclic amines) is 1. The average molecular weight is 433 g/mol. The van der Waals surface area contributed by atoms with Gasteiger partial charge in [0.1, 0.15) is 0 Å². The zero-order valence-electron chi connectivity index (χ0n) is 18.7. The van der Waals surface area contributed by atoms with E-state index in [1.807, 2.05) is 49.3 Å². The summed E-state index contributed by atoms with van der Waals surface area (Å²) in [5, 5.41) is 0. The SMILES string of the molecule is Cc1cnccc1-c1cnc(N(C)C)nc1C1CCCN1C(=O)CCn1ccccc1=O. The molecule has 0 aromatic carbocycles. The van der Waals surface area contributed by atoms with Crippen molar-refractivity contribution in [1.82, 2.24) is 24.4 Å². The van der Waals surface area contributed by atoms with E-state index in [-0.39, 0.29) is 23.9 Å². The molecular weight excluding hydrogens is 404 g/mol. The summed E-state index contributed by atoms with van der Waals surface area (Å²) in [5.74, 6) is 0.649. The number of carbonyl (C=O) groups excluding carboxylic acids is 1. The van der Waals surface area contributed by atoms with Gasteiger partial charge in [0.2, 0.25) is 11.9 Å². The second-order valence-corrected chi connectivity index (χ2v) is 8.28. The highest BCUT2D eigenvalue weighted by molar-refractivity contribution is 5.78. The Morgan fingerprint density at radius 3 is 2.78 bits per heavy atom. The van der Waals surface area contributed by atoms with Gasteiger partial charge in [-0.05, 0) is 43.0 Å². The van der Waals surface area contributed by atoms with Crippen molar-refractivity contribution < 1.29 is 4.79 Å². The Morgan fingerprint density at radius 1 is 1.19 bits per heavy atom. The lowest BCUT2D eigenvalue weighted by Crippen LogP contribution is -2.33. The molecular formula is C24H28N6O2. The minimum atomic E-state index is -0.126. The lowest BCUT2D eigenvalue weighted by atomic mass is 9.97. The van der Waals surface area contributed by atoms with Gasteiger partial charge in [-0.3, -0.25) is 14.6 Å². The summed E-state index contributed by atoms with van der Waals surface area (Å²) in [5.41, 5.74) is 3.75. The first kappa shape index (κ1) is 21.7. The zero-order valence-corrected chi connectivity index (χ0v) is 18.7. The van der Waals surface area contributed by atoms with Crippen LogP contribution < -0.4 is 10.5 Å². The highest BCUT2D eigenvalue weighted by Gasteiger charge is 2.33. The normalized spacial score (nSPS) is 15.7. The predicted octanol–water partition coefficient (Wildman–Crippen LogP) is 2.83. The Bertz CT molecular complexity index is 1170. The molecule has 3 aromatic heterocycles. The second kappa shape index (κ2) is 9.30. The van der Waals surface area contributed by atoms with Crippen LogP contribution in [0.25, 0.3) is 11.1 Å². The van der Waals surface area contributed by atoms with E-state index in [9.17, 15) is 9.59 Å². The van der Waals surface area contributed by atoms with Crippen LogP contribution in [-0.4, -0.2) is 51.0 Å². The fourth-order valence-corrected chi connectivity index (χ4v) is 4.19. The Hall–Kier alpha value is -3.55. The summed E-state index contributed by atoms with van der Waals surface area (Å²) in [4.78, 5) is 42.6. The van der Waals surface area contributed by atoms with Gasteiger partial charge in [0.25, 0.3) is 5.56 Å². The summed E-state index contributed by atoms with van der Waals surface area (Å²) < 4.78 is 1.57. The topological polar surface area (TPSA) is 84.2 Å². The molecule has 1 aliphatic rings. The standard InChI is InChI=1S/C24H28N6O2/c1-17-15-25-11-9-18(17)19-16-26-24(28(2)3)27-23(19)20-7-6-13-30(20)22(32)10-14-29-12-5-4-8-21(29)31/h4-5,8-9,11-12,15-16,20H,6-7,10,13-14H2,1-3H3. The third-order valence-corrected chi connectivity index (χ3v) is 5.87. The molecule has 0 aliphatic carbocycles. The summed E-state index contributed by atoms with van der Waals surface area (Å²) in [6.45, 7) is 3.06. The zero-order chi connectivity index (χ0) is 22.7. The van der Waals surface area contributed by atoms with Crippen molar-refractivity contribution in [1.29, 1.82) is 0 Å². The van der Waals surface area contributed by atoms with Crippen molar-refractivity contribution in [3.63, 3.8) is 0 Å². The molecule has 0 bridgehead atoms. The third kappa shape index (κ3) is 4.39. The minimum absolute atomic E-state index is 0.0330. The number of hydrogen-bond acceptors (Lipinski definition) is 6. The monoisotopic (exact) mass is 432 g/mol. The molecule has 0 radical (unpaired) electrons. The van der Waals surface area contributed by atoms with Gasteiger partial charge in [0, 0.05) is 70.0 Å². The average Bonchev–Trinajstić information content (AvgIpc) is 3.28. The molecule has 0 saturated carbocycles. The number of amides is 1. The first-order chi connectivity index (χ1) is 15.5.